The lowest BCUT2D eigenvalue weighted by Crippen LogP contribution is -2.07. The zero-order chi connectivity index (χ0) is 13.3. The van der Waals surface area contributed by atoms with Crippen LogP contribution in [0.1, 0.15) is 11.1 Å². The first-order chi connectivity index (χ1) is 8.38. The summed E-state index contributed by atoms with van der Waals surface area (Å²) in [6, 6.07) is 8.00. The third kappa shape index (κ3) is 2.45. The number of pyridine rings is 1. The van der Waals surface area contributed by atoms with Gasteiger partial charge in [-0.3, -0.25) is 4.79 Å². The molecule has 1 aromatic carbocycles. The van der Waals surface area contributed by atoms with Crippen LogP contribution in [-0.2, 0) is 6.18 Å². The fraction of sp³-hybridized carbons (Fsp3) is 0.154. The number of halogens is 3. The van der Waals surface area contributed by atoms with Crippen LogP contribution >= 0.6 is 0 Å². The number of aryl methyl sites for hydroxylation is 1. The van der Waals surface area contributed by atoms with E-state index in [0.717, 1.165) is 12.1 Å². The van der Waals surface area contributed by atoms with Crippen molar-refractivity contribution in [3.05, 3.63) is 57.9 Å². The van der Waals surface area contributed by atoms with Crippen LogP contribution in [-0.4, -0.2) is 4.98 Å². The lowest BCUT2D eigenvalue weighted by Gasteiger charge is -2.10. The van der Waals surface area contributed by atoms with E-state index in [1.807, 2.05) is 0 Å². The molecule has 0 saturated carbocycles. The Morgan fingerprint density at radius 1 is 1.11 bits per heavy atom. The summed E-state index contributed by atoms with van der Waals surface area (Å²) in [5.74, 6) is 0. The van der Waals surface area contributed by atoms with E-state index in [1.54, 1.807) is 19.1 Å². The van der Waals surface area contributed by atoms with Crippen molar-refractivity contribution >= 4 is 0 Å². The Kier molecular flexibility index (Phi) is 2.98. The van der Waals surface area contributed by atoms with Gasteiger partial charge in [0.2, 0.25) is 5.56 Å². The molecule has 0 radical (unpaired) electrons. The number of rotatable bonds is 1. The van der Waals surface area contributed by atoms with Crippen LogP contribution in [0.2, 0.25) is 0 Å². The second-order valence-electron chi connectivity index (χ2n) is 3.96. The highest BCUT2D eigenvalue weighted by Gasteiger charge is 2.30. The molecule has 0 aliphatic carbocycles. The SMILES string of the molecule is Cc1cc(C(F)(F)F)ccc1-c1cccc(=O)[nH]1. The lowest BCUT2D eigenvalue weighted by atomic mass is 10.0. The Bertz CT molecular complexity index is 629. The van der Waals surface area contributed by atoms with Crippen molar-refractivity contribution in [2.75, 3.05) is 0 Å². The number of hydrogen-bond donors (Lipinski definition) is 1. The molecule has 2 rings (SSSR count). The molecule has 0 fully saturated rings. The van der Waals surface area contributed by atoms with Crippen LogP contribution in [0.5, 0.6) is 0 Å². The summed E-state index contributed by atoms with van der Waals surface area (Å²) in [6.45, 7) is 1.58. The Balaban J connectivity index is 2.52. The van der Waals surface area contributed by atoms with E-state index < -0.39 is 11.7 Å². The molecule has 0 unspecified atom stereocenters. The second-order valence-corrected chi connectivity index (χ2v) is 3.96. The number of aromatic nitrogens is 1. The third-order valence-electron chi connectivity index (χ3n) is 2.61. The topological polar surface area (TPSA) is 32.9 Å². The molecule has 0 atom stereocenters. The van der Waals surface area contributed by atoms with Gasteiger partial charge in [0.05, 0.1) is 5.56 Å². The molecule has 2 aromatic rings. The molecule has 18 heavy (non-hydrogen) atoms. The van der Waals surface area contributed by atoms with Crippen molar-refractivity contribution in [3.63, 3.8) is 0 Å². The standard InChI is InChI=1S/C13H10F3NO/c1-8-7-9(13(14,15)16)5-6-10(8)11-3-2-4-12(18)17-11/h2-7H,1H3,(H,17,18). The van der Waals surface area contributed by atoms with Gasteiger partial charge in [0.15, 0.2) is 0 Å². The maximum atomic E-state index is 12.5. The van der Waals surface area contributed by atoms with Crippen molar-refractivity contribution in [2.45, 2.75) is 13.1 Å². The smallest absolute Gasteiger partial charge is 0.322 e. The minimum Gasteiger partial charge on any atom is -0.322 e. The van der Waals surface area contributed by atoms with Crippen molar-refractivity contribution in [3.8, 4) is 11.3 Å². The molecule has 0 bridgehead atoms. The Morgan fingerprint density at radius 3 is 2.39 bits per heavy atom. The first-order valence-corrected chi connectivity index (χ1v) is 5.25. The number of benzene rings is 1. The van der Waals surface area contributed by atoms with Crippen molar-refractivity contribution in [2.24, 2.45) is 0 Å². The van der Waals surface area contributed by atoms with Crippen LogP contribution in [0.25, 0.3) is 11.3 Å². The van der Waals surface area contributed by atoms with Crippen molar-refractivity contribution in [1.82, 2.24) is 4.98 Å². The predicted octanol–water partition coefficient (Wildman–Crippen LogP) is 3.37. The van der Waals surface area contributed by atoms with Gasteiger partial charge in [-0.05, 0) is 30.7 Å². The first kappa shape index (κ1) is 12.4. The molecule has 0 spiro atoms. The molecule has 0 aliphatic heterocycles. The summed E-state index contributed by atoms with van der Waals surface area (Å²) in [5, 5.41) is 0. The van der Waals surface area contributed by atoms with Gasteiger partial charge in [-0.1, -0.05) is 12.1 Å². The highest BCUT2D eigenvalue weighted by Crippen LogP contribution is 2.32. The van der Waals surface area contributed by atoms with Crippen LogP contribution in [0.4, 0.5) is 13.2 Å². The van der Waals surface area contributed by atoms with Crippen molar-refractivity contribution < 1.29 is 13.2 Å². The quantitative estimate of drug-likeness (QED) is 0.830. The van der Waals surface area contributed by atoms with Gasteiger partial charge in [0.1, 0.15) is 0 Å². The molecule has 1 heterocycles. The number of nitrogens with one attached hydrogen (secondary N) is 1. The molecule has 94 valence electrons. The summed E-state index contributed by atoms with van der Waals surface area (Å²) in [6.07, 6.45) is -4.35. The molecule has 5 heteroatoms. The van der Waals surface area contributed by atoms with E-state index >= 15 is 0 Å². The monoisotopic (exact) mass is 253 g/mol. The number of H-pyrrole nitrogens is 1. The van der Waals surface area contributed by atoms with Crippen LogP contribution in [0.15, 0.2) is 41.2 Å². The molecule has 1 aromatic heterocycles. The third-order valence-corrected chi connectivity index (χ3v) is 2.61. The highest BCUT2D eigenvalue weighted by atomic mass is 19.4. The van der Waals surface area contributed by atoms with E-state index in [-0.39, 0.29) is 5.56 Å². The molecule has 2 nitrogen and oxygen atoms in total. The molecule has 1 N–H and O–H groups in total. The maximum absolute atomic E-state index is 12.5. The molecular weight excluding hydrogens is 243 g/mol. The van der Waals surface area contributed by atoms with Gasteiger partial charge >= 0.3 is 6.18 Å². The van der Waals surface area contributed by atoms with Gasteiger partial charge in [-0.2, -0.15) is 13.2 Å². The summed E-state index contributed by atoms with van der Waals surface area (Å²) in [7, 11) is 0. The van der Waals surface area contributed by atoms with Gasteiger partial charge in [-0.25, -0.2) is 0 Å². The van der Waals surface area contributed by atoms with E-state index in [2.05, 4.69) is 4.98 Å². The molecular formula is C13H10F3NO. The first-order valence-electron chi connectivity index (χ1n) is 5.25. The summed E-state index contributed by atoms with van der Waals surface area (Å²) in [5.41, 5.74) is 0.579. The zero-order valence-electron chi connectivity index (χ0n) is 9.51. The molecule has 0 aliphatic rings. The van der Waals surface area contributed by atoms with Crippen LogP contribution in [0, 0.1) is 6.92 Å². The van der Waals surface area contributed by atoms with E-state index in [0.29, 0.717) is 16.8 Å². The van der Waals surface area contributed by atoms with Crippen LogP contribution < -0.4 is 5.56 Å². The average Bonchev–Trinajstić information content (AvgIpc) is 2.27. The Hall–Kier alpha value is -2.04. The fourth-order valence-corrected chi connectivity index (χ4v) is 1.75. The van der Waals surface area contributed by atoms with Gasteiger partial charge < -0.3 is 4.98 Å². The van der Waals surface area contributed by atoms with E-state index in [9.17, 15) is 18.0 Å². The Labute approximate surface area is 101 Å². The summed E-state index contributed by atoms with van der Waals surface area (Å²) in [4.78, 5) is 13.8. The average molecular weight is 253 g/mol. The minimum atomic E-state index is -4.35. The van der Waals surface area contributed by atoms with E-state index in [1.165, 1.54) is 12.1 Å². The maximum Gasteiger partial charge on any atom is 0.416 e. The normalized spacial score (nSPS) is 11.6. The predicted molar refractivity (Wildman–Crippen MR) is 62.2 cm³/mol. The molecule has 0 saturated heterocycles. The van der Waals surface area contributed by atoms with Crippen LogP contribution in [0.3, 0.4) is 0 Å². The lowest BCUT2D eigenvalue weighted by molar-refractivity contribution is -0.137. The van der Waals surface area contributed by atoms with Gasteiger partial charge in [0, 0.05) is 17.3 Å². The number of alkyl halides is 3. The minimum absolute atomic E-state index is 0.285. The number of hydrogen-bond acceptors (Lipinski definition) is 1. The van der Waals surface area contributed by atoms with E-state index in [4.69, 9.17) is 0 Å². The zero-order valence-corrected chi connectivity index (χ0v) is 9.51. The van der Waals surface area contributed by atoms with Gasteiger partial charge in [0.25, 0.3) is 0 Å². The Morgan fingerprint density at radius 2 is 1.83 bits per heavy atom. The fourth-order valence-electron chi connectivity index (χ4n) is 1.75. The summed E-state index contributed by atoms with van der Waals surface area (Å²) >= 11 is 0. The largest absolute Gasteiger partial charge is 0.416 e. The number of aromatic amines is 1. The molecule has 0 amide bonds. The summed E-state index contributed by atoms with van der Waals surface area (Å²) < 4.78 is 37.5. The highest BCUT2D eigenvalue weighted by molar-refractivity contribution is 5.63. The second kappa shape index (κ2) is 4.33. The van der Waals surface area contributed by atoms with Gasteiger partial charge in [-0.15, -0.1) is 0 Å². The van der Waals surface area contributed by atoms with Crippen molar-refractivity contribution in [1.29, 1.82) is 0 Å².